The van der Waals surface area contributed by atoms with Crippen molar-refractivity contribution < 1.29 is 9.53 Å². The second-order valence-electron chi connectivity index (χ2n) is 9.51. The van der Waals surface area contributed by atoms with Crippen molar-refractivity contribution in [3.63, 3.8) is 0 Å². The molecule has 3 aromatic rings. The smallest absolute Gasteiger partial charge is 0.274 e. The second-order valence-corrected chi connectivity index (χ2v) is 11.3. The summed E-state index contributed by atoms with van der Waals surface area (Å²) < 4.78 is 9.76. The summed E-state index contributed by atoms with van der Waals surface area (Å²) in [5, 5.41) is 11.6. The highest BCUT2D eigenvalue weighted by atomic mass is 79.9. The van der Waals surface area contributed by atoms with Crippen LogP contribution in [0.4, 0.5) is 0 Å². The van der Waals surface area contributed by atoms with Gasteiger partial charge in [0, 0.05) is 50.2 Å². The average Bonchev–Trinajstić information content (AvgIpc) is 3.31. The molecule has 1 aromatic carbocycles. The van der Waals surface area contributed by atoms with Gasteiger partial charge in [0.2, 0.25) is 5.91 Å². The van der Waals surface area contributed by atoms with E-state index in [1.165, 1.54) is 0 Å². The zero-order valence-corrected chi connectivity index (χ0v) is 25.2. The molecule has 0 unspecified atom stereocenters. The predicted octanol–water partition coefficient (Wildman–Crippen LogP) is 4.66. The van der Waals surface area contributed by atoms with Crippen LogP contribution in [0.15, 0.2) is 33.2 Å². The molecule has 0 spiro atoms. The lowest BCUT2D eigenvalue weighted by molar-refractivity contribution is -0.120. The van der Waals surface area contributed by atoms with Crippen LogP contribution in [0.3, 0.4) is 0 Å². The second kappa shape index (κ2) is 13.5. The molecule has 3 heterocycles. The minimum absolute atomic E-state index is 0.103. The average molecular weight is 647 g/mol. The van der Waals surface area contributed by atoms with Crippen molar-refractivity contribution >= 4 is 37.8 Å². The van der Waals surface area contributed by atoms with E-state index in [1.54, 1.807) is 13.1 Å². The summed E-state index contributed by atoms with van der Waals surface area (Å²) in [6.45, 7) is 6.89. The number of hydrogen-bond acceptors (Lipinski definition) is 7. The molecule has 0 atom stereocenters. The number of hydrogen-bond donors (Lipinski definition) is 1. The summed E-state index contributed by atoms with van der Waals surface area (Å²) in [4.78, 5) is 20.9. The molecule has 1 saturated heterocycles. The molecule has 1 aliphatic rings. The van der Waals surface area contributed by atoms with Crippen molar-refractivity contribution in [2.45, 2.75) is 38.6 Å². The van der Waals surface area contributed by atoms with Gasteiger partial charge in [-0.05, 0) is 80.0 Å². The fraction of sp³-hybridized carbons (Fsp3) is 0.481. The Kier molecular flexibility index (Phi) is 10.1. The Balaban J connectivity index is 1.35. The lowest BCUT2D eigenvalue weighted by Gasteiger charge is -2.33. The number of carbonyl (C=O) groups is 1. The number of nitrogens with zero attached hydrogens (tertiary/aromatic N) is 6. The van der Waals surface area contributed by atoms with Gasteiger partial charge >= 0.3 is 0 Å². The number of aromatic nitrogens is 4. The van der Waals surface area contributed by atoms with Crippen LogP contribution in [0.5, 0.6) is 11.6 Å². The van der Waals surface area contributed by atoms with E-state index in [4.69, 9.17) is 9.72 Å². The Bertz CT molecular complexity index is 1230. The monoisotopic (exact) mass is 645 g/mol. The molecule has 0 bridgehead atoms. The lowest BCUT2D eigenvalue weighted by Crippen LogP contribution is -2.39. The van der Waals surface area contributed by atoms with Crippen LogP contribution in [0, 0.1) is 19.1 Å². The zero-order chi connectivity index (χ0) is 27.1. The van der Waals surface area contributed by atoms with E-state index >= 15 is 0 Å². The van der Waals surface area contributed by atoms with E-state index < -0.39 is 0 Å². The van der Waals surface area contributed by atoms with Crippen LogP contribution in [0.2, 0.25) is 0 Å². The minimum atomic E-state index is 0.103. The highest BCUT2D eigenvalue weighted by molar-refractivity contribution is 9.11. The maximum atomic E-state index is 11.4. The molecule has 1 N–H and O–H groups in total. The maximum Gasteiger partial charge on any atom is 0.274 e. The van der Waals surface area contributed by atoms with Crippen LogP contribution >= 0.6 is 31.9 Å². The quantitative estimate of drug-likeness (QED) is 0.324. The van der Waals surface area contributed by atoms with Crippen molar-refractivity contribution in [2.75, 3.05) is 46.8 Å². The molecule has 0 radical (unpaired) electrons. The number of rotatable bonds is 11. The van der Waals surface area contributed by atoms with Crippen LogP contribution in [0.25, 0.3) is 11.4 Å². The van der Waals surface area contributed by atoms with Crippen LogP contribution in [-0.4, -0.2) is 82.5 Å². The molecule has 0 saturated carbocycles. The third-order valence-corrected chi connectivity index (χ3v) is 7.89. The van der Waals surface area contributed by atoms with Crippen LogP contribution in [0.1, 0.15) is 37.4 Å². The molecule has 4 rings (SSSR count). The van der Waals surface area contributed by atoms with Crippen molar-refractivity contribution in [1.82, 2.24) is 35.1 Å². The highest BCUT2D eigenvalue weighted by Gasteiger charge is 2.25. The highest BCUT2D eigenvalue weighted by Crippen LogP contribution is 2.33. The number of nitrogens with one attached hydrogen (secondary N) is 1. The van der Waals surface area contributed by atoms with E-state index in [-0.39, 0.29) is 11.9 Å². The molecule has 1 aliphatic heterocycles. The lowest BCUT2D eigenvalue weighted by atomic mass is 10.0. The molecule has 38 heavy (non-hydrogen) atoms. The summed E-state index contributed by atoms with van der Waals surface area (Å²) in [5.74, 6) is 1.08. The van der Waals surface area contributed by atoms with E-state index in [2.05, 4.69) is 76.5 Å². The topological polar surface area (TPSA) is 88.4 Å². The zero-order valence-electron chi connectivity index (χ0n) is 22.0. The molecular weight excluding hydrogens is 614 g/mol. The molecular formula is C27H33Br2N7O2. The first-order chi connectivity index (χ1) is 18.3. The largest absolute Gasteiger partial charge is 0.431 e. The van der Waals surface area contributed by atoms with E-state index in [0.29, 0.717) is 23.7 Å². The molecule has 2 aromatic heterocycles. The van der Waals surface area contributed by atoms with Gasteiger partial charge in [0.05, 0.1) is 16.2 Å². The predicted molar refractivity (Wildman–Crippen MR) is 153 cm³/mol. The van der Waals surface area contributed by atoms with E-state index in [0.717, 1.165) is 72.3 Å². The van der Waals surface area contributed by atoms with Gasteiger partial charge in [0.15, 0.2) is 0 Å². The first kappa shape index (κ1) is 28.5. The Labute approximate surface area is 241 Å². The van der Waals surface area contributed by atoms with Gasteiger partial charge < -0.3 is 19.9 Å². The summed E-state index contributed by atoms with van der Waals surface area (Å²) in [6, 6.07) is 13.8. The third kappa shape index (κ3) is 7.53. The normalized spacial score (nSPS) is 14.5. The van der Waals surface area contributed by atoms with Crippen molar-refractivity contribution in [2.24, 2.45) is 0 Å². The molecule has 11 heteroatoms. The Morgan fingerprint density at radius 1 is 1.26 bits per heavy atom. The summed E-state index contributed by atoms with van der Waals surface area (Å²) in [6.07, 6.45) is 3.44. The fourth-order valence-electron chi connectivity index (χ4n) is 4.54. The number of benzene rings is 1. The maximum absolute atomic E-state index is 11.4. The number of likely N-dealkylation sites (tertiary alicyclic amines) is 1. The molecule has 1 amide bonds. The van der Waals surface area contributed by atoms with Gasteiger partial charge in [-0.3, -0.25) is 4.79 Å². The Morgan fingerprint density at radius 3 is 2.82 bits per heavy atom. The standard InChI is InChI=1S/C27H33Br2N7O2/c1-19-27(23-6-4-8-26(31-23)38-24-18-20(28)9-10-22(24)29)36(33-32-19)21-11-14-35(15-12-21)17-16-34(3)13-5-7-25(37)30-2/h6,9-10,18,21H,5,7,11-17H2,1-3H3,(H,30,37). The van der Waals surface area contributed by atoms with E-state index in [9.17, 15) is 4.79 Å². The van der Waals surface area contributed by atoms with Gasteiger partial charge in [0.1, 0.15) is 17.1 Å². The minimum Gasteiger partial charge on any atom is -0.431 e. The fourth-order valence-corrected chi connectivity index (χ4v) is 5.21. The number of piperidine rings is 1. The summed E-state index contributed by atoms with van der Waals surface area (Å²) in [7, 11) is 3.80. The summed E-state index contributed by atoms with van der Waals surface area (Å²) >= 11 is 7.00. The van der Waals surface area contributed by atoms with Crippen molar-refractivity contribution in [3.8, 4) is 23.0 Å². The van der Waals surface area contributed by atoms with Gasteiger partial charge in [-0.25, -0.2) is 9.67 Å². The first-order valence-electron chi connectivity index (χ1n) is 12.8. The van der Waals surface area contributed by atoms with Gasteiger partial charge in [-0.15, -0.1) is 5.10 Å². The van der Waals surface area contributed by atoms with Gasteiger partial charge in [-0.2, -0.15) is 0 Å². The SMILES string of the molecule is CNC(=O)CCCN(C)CCN1CCC(n2nnc(C)c2-c2cc#cc(Oc3cc(Br)ccc3Br)n2)CC1. The number of likely N-dealkylation sites (N-methyl/N-ethyl adjacent to an activating group) is 1. The molecule has 202 valence electrons. The molecule has 0 aliphatic carbocycles. The number of amides is 1. The number of aryl methyl sites for hydroxylation is 1. The number of halogens is 2. The summed E-state index contributed by atoms with van der Waals surface area (Å²) in [5.41, 5.74) is 2.43. The van der Waals surface area contributed by atoms with Crippen molar-refractivity contribution in [3.05, 3.63) is 51.0 Å². The van der Waals surface area contributed by atoms with Crippen LogP contribution in [-0.2, 0) is 4.79 Å². The third-order valence-electron chi connectivity index (χ3n) is 6.74. The molecule has 9 nitrogen and oxygen atoms in total. The van der Waals surface area contributed by atoms with Gasteiger partial charge in [-0.1, -0.05) is 27.2 Å². The van der Waals surface area contributed by atoms with Crippen LogP contribution < -0.4 is 10.1 Å². The van der Waals surface area contributed by atoms with Crippen molar-refractivity contribution in [1.29, 1.82) is 0 Å². The van der Waals surface area contributed by atoms with Gasteiger partial charge in [0.25, 0.3) is 5.88 Å². The number of carbonyl (C=O) groups excluding carboxylic acids is 1. The molecule has 1 fully saturated rings. The van der Waals surface area contributed by atoms with E-state index in [1.807, 2.05) is 29.8 Å². The Hall–Kier alpha value is -2.52. The number of ether oxygens (including phenoxy) is 1. The first-order valence-corrected chi connectivity index (χ1v) is 14.4. The Morgan fingerprint density at radius 2 is 2.05 bits per heavy atom.